The number of urea groups is 1. The summed E-state index contributed by atoms with van der Waals surface area (Å²) in [5, 5.41) is 15.7. The number of amides is 2. The molecule has 33 heavy (non-hydrogen) atoms. The highest BCUT2D eigenvalue weighted by atomic mass is 16.5. The summed E-state index contributed by atoms with van der Waals surface area (Å²) in [6.45, 7) is 4.18. The average Bonchev–Trinajstić information content (AvgIpc) is 2.77. The van der Waals surface area contributed by atoms with E-state index in [1.807, 2.05) is 32.0 Å². The van der Waals surface area contributed by atoms with Crippen LogP contribution in [0.5, 0.6) is 11.5 Å². The quantitative estimate of drug-likeness (QED) is 0.341. The van der Waals surface area contributed by atoms with Crippen LogP contribution in [-0.2, 0) is 6.61 Å². The van der Waals surface area contributed by atoms with E-state index in [4.69, 9.17) is 14.6 Å². The summed E-state index contributed by atoms with van der Waals surface area (Å²) in [4.78, 5) is 23.0. The van der Waals surface area contributed by atoms with Gasteiger partial charge in [0.25, 0.3) is 0 Å². The van der Waals surface area contributed by atoms with Crippen LogP contribution in [0.2, 0.25) is 0 Å². The van der Waals surface area contributed by atoms with Gasteiger partial charge >= 0.3 is 12.0 Å². The number of hydrazone groups is 1. The molecule has 0 bridgehead atoms. The Morgan fingerprint density at radius 1 is 0.970 bits per heavy atom. The maximum absolute atomic E-state index is 12.1. The van der Waals surface area contributed by atoms with E-state index >= 15 is 0 Å². The van der Waals surface area contributed by atoms with Gasteiger partial charge in [0.2, 0.25) is 0 Å². The van der Waals surface area contributed by atoms with Crippen molar-refractivity contribution < 1.29 is 24.2 Å². The molecule has 0 aliphatic rings. The number of carboxylic acid groups (broad SMARTS) is 1. The monoisotopic (exact) mass is 447 g/mol. The average molecular weight is 447 g/mol. The Morgan fingerprint density at radius 2 is 1.67 bits per heavy atom. The first kappa shape index (κ1) is 23.3. The van der Waals surface area contributed by atoms with Gasteiger partial charge < -0.3 is 19.9 Å². The molecule has 0 unspecified atom stereocenters. The molecular weight excluding hydrogens is 422 g/mol. The molecule has 0 saturated carbocycles. The van der Waals surface area contributed by atoms with Crippen molar-refractivity contribution in [1.29, 1.82) is 0 Å². The number of rotatable bonds is 8. The van der Waals surface area contributed by atoms with E-state index in [-0.39, 0.29) is 12.2 Å². The van der Waals surface area contributed by atoms with Crippen molar-refractivity contribution in [3.63, 3.8) is 0 Å². The molecule has 2 amide bonds. The molecule has 0 saturated heterocycles. The van der Waals surface area contributed by atoms with Crippen molar-refractivity contribution in [1.82, 2.24) is 5.43 Å². The number of ether oxygens (including phenoxy) is 2. The lowest BCUT2D eigenvalue weighted by atomic mass is 10.1. The van der Waals surface area contributed by atoms with E-state index in [0.29, 0.717) is 22.7 Å². The standard InChI is InChI=1S/C25H25N3O5/c1-16-10-17(2)12-21(11-16)27-25(31)28-26-14-19-6-9-22(23(13-19)32-3)33-15-18-4-7-20(8-5-18)24(29)30/h4-14H,15H2,1-3H3,(H,29,30)(H2,27,28,31)/b26-14+. The number of anilines is 1. The number of nitrogens with zero attached hydrogens (tertiary/aromatic N) is 1. The number of carbonyl (C=O) groups excluding carboxylic acids is 1. The molecule has 8 nitrogen and oxygen atoms in total. The lowest BCUT2D eigenvalue weighted by molar-refractivity contribution is 0.0696. The zero-order chi connectivity index (χ0) is 23.8. The van der Waals surface area contributed by atoms with E-state index in [1.165, 1.54) is 25.5 Å². The molecule has 8 heteroatoms. The Hall–Kier alpha value is -4.33. The zero-order valence-corrected chi connectivity index (χ0v) is 18.6. The van der Waals surface area contributed by atoms with Gasteiger partial charge in [0.05, 0.1) is 18.9 Å². The van der Waals surface area contributed by atoms with Crippen molar-refractivity contribution in [3.8, 4) is 11.5 Å². The number of carbonyl (C=O) groups is 2. The second kappa shape index (κ2) is 10.8. The van der Waals surface area contributed by atoms with Crippen LogP contribution < -0.4 is 20.2 Å². The van der Waals surface area contributed by atoms with Crippen LogP contribution >= 0.6 is 0 Å². The Labute approximate surface area is 191 Å². The van der Waals surface area contributed by atoms with Gasteiger partial charge in [0.1, 0.15) is 6.61 Å². The normalized spacial score (nSPS) is 10.6. The van der Waals surface area contributed by atoms with Gasteiger partial charge in [-0.25, -0.2) is 15.0 Å². The maximum atomic E-state index is 12.1. The largest absolute Gasteiger partial charge is 0.493 e. The first-order valence-electron chi connectivity index (χ1n) is 10.2. The second-order valence-electron chi connectivity index (χ2n) is 7.40. The zero-order valence-electron chi connectivity index (χ0n) is 18.6. The Morgan fingerprint density at radius 3 is 2.30 bits per heavy atom. The van der Waals surface area contributed by atoms with Crippen LogP contribution in [0.25, 0.3) is 0 Å². The van der Waals surface area contributed by atoms with E-state index in [2.05, 4.69) is 15.8 Å². The van der Waals surface area contributed by atoms with Crippen LogP contribution in [0, 0.1) is 13.8 Å². The van der Waals surface area contributed by atoms with E-state index in [9.17, 15) is 9.59 Å². The predicted molar refractivity (Wildman–Crippen MR) is 126 cm³/mol. The summed E-state index contributed by atoms with van der Waals surface area (Å²) in [7, 11) is 1.53. The number of aryl methyl sites for hydroxylation is 2. The summed E-state index contributed by atoms with van der Waals surface area (Å²) in [6, 6.07) is 17.0. The lowest BCUT2D eigenvalue weighted by Crippen LogP contribution is -2.24. The molecule has 0 atom stereocenters. The van der Waals surface area contributed by atoms with Crippen molar-refractivity contribution in [2.75, 3.05) is 12.4 Å². The van der Waals surface area contributed by atoms with Gasteiger partial charge in [-0.1, -0.05) is 18.2 Å². The topological polar surface area (TPSA) is 109 Å². The molecular formula is C25H25N3O5. The fourth-order valence-electron chi connectivity index (χ4n) is 3.16. The van der Waals surface area contributed by atoms with Crippen molar-refractivity contribution in [2.24, 2.45) is 5.10 Å². The fraction of sp³-hybridized carbons (Fsp3) is 0.160. The molecule has 3 rings (SSSR count). The summed E-state index contributed by atoms with van der Waals surface area (Å²) >= 11 is 0. The number of methoxy groups -OCH3 is 1. The van der Waals surface area contributed by atoms with E-state index in [1.54, 1.807) is 30.3 Å². The van der Waals surface area contributed by atoms with Gasteiger partial charge in [-0.05, 0) is 78.6 Å². The Balaban J connectivity index is 1.57. The number of nitrogens with one attached hydrogen (secondary N) is 2. The van der Waals surface area contributed by atoms with Gasteiger partial charge in [0.15, 0.2) is 11.5 Å². The lowest BCUT2D eigenvalue weighted by Gasteiger charge is -2.11. The minimum atomic E-state index is -0.973. The molecule has 3 aromatic carbocycles. The van der Waals surface area contributed by atoms with Crippen LogP contribution in [0.3, 0.4) is 0 Å². The predicted octanol–water partition coefficient (Wildman–Crippen LogP) is 4.74. The molecule has 0 aliphatic carbocycles. The number of benzene rings is 3. The number of carboxylic acids is 1. The molecule has 0 spiro atoms. The number of hydrogen-bond donors (Lipinski definition) is 3. The summed E-state index contributed by atoms with van der Waals surface area (Å²) in [6.07, 6.45) is 1.50. The second-order valence-corrected chi connectivity index (χ2v) is 7.40. The van der Waals surface area contributed by atoms with E-state index < -0.39 is 12.0 Å². The third-order valence-corrected chi connectivity index (χ3v) is 4.64. The van der Waals surface area contributed by atoms with Gasteiger partial charge in [0, 0.05) is 5.69 Å². The minimum Gasteiger partial charge on any atom is -0.493 e. The van der Waals surface area contributed by atoms with E-state index in [0.717, 1.165) is 16.7 Å². The van der Waals surface area contributed by atoms with Crippen LogP contribution in [0.15, 0.2) is 65.8 Å². The van der Waals surface area contributed by atoms with Crippen LogP contribution in [0.1, 0.15) is 32.6 Å². The molecule has 3 N–H and O–H groups in total. The van der Waals surface area contributed by atoms with Gasteiger partial charge in [-0.15, -0.1) is 0 Å². The highest BCUT2D eigenvalue weighted by molar-refractivity contribution is 5.90. The van der Waals surface area contributed by atoms with Crippen molar-refractivity contribution in [3.05, 3.63) is 88.5 Å². The molecule has 170 valence electrons. The third-order valence-electron chi connectivity index (χ3n) is 4.64. The molecule has 0 radical (unpaired) electrons. The highest BCUT2D eigenvalue weighted by Gasteiger charge is 2.07. The molecule has 0 aliphatic heterocycles. The molecule has 0 fully saturated rings. The fourth-order valence-corrected chi connectivity index (χ4v) is 3.16. The summed E-state index contributed by atoms with van der Waals surface area (Å²) in [5.41, 5.74) is 6.99. The van der Waals surface area contributed by atoms with Crippen molar-refractivity contribution in [2.45, 2.75) is 20.5 Å². The number of aromatic carboxylic acids is 1. The smallest absolute Gasteiger partial charge is 0.339 e. The number of hydrogen-bond acceptors (Lipinski definition) is 5. The highest BCUT2D eigenvalue weighted by Crippen LogP contribution is 2.28. The summed E-state index contributed by atoms with van der Waals surface area (Å²) < 4.78 is 11.2. The first-order valence-corrected chi connectivity index (χ1v) is 10.2. The SMILES string of the molecule is COc1cc(/C=N/NC(=O)Nc2cc(C)cc(C)c2)ccc1OCc1ccc(C(=O)O)cc1. The van der Waals surface area contributed by atoms with Crippen LogP contribution in [-0.4, -0.2) is 30.4 Å². The van der Waals surface area contributed by atoms with Gasteiger partial charge in [-0.2, -0.15) is 5.10 Å². The van der Waals surface area contributed by atoms with Gasteiger partial charge in [-0.3, -0.25) is 0 Å². The molecule has 3 aromatic rings. The molecule has 0 aromatic heterocycles. The first-order chi connectivity index (χ1) is 15.8. The Kier molecular flexibility index (Phi) is 7.64. The Bertz CT molecular complexity index is 1150. The third kappa shape index (κ3) is 6.83. The maximum Gasteiger partial charge on any atom is 0.339 e. The minimum absolute atomic E-state index is 0.219. The van der Waals surface area contributed by atoms with Crippen molar-refractivity contribution >= 4 is 23.9 Å². The molecule has 0 heterocycles. The summed E-state index contributed by atoms with van der Waals surface area (Å²) in [5.74, 6) is 0.0527. The van der Waals surface area contributed by atoms with Crippen LogP contribution in [0.4, 0.5) is 10.5 Å².